The number of H-pyrrole nitrogens is 1. The van der Waals surface area contributed by atoms with Crippen LogP contribution in [0.2, 0.25) is 0 Å². The van der Waals surface area contributed by atoms with E-state index in [4.69, 9.17) is 19.2 Å². The third kappa shape index (κ3) is 5.09. The molecule has 186 valence electrons. The van der Waals surface area contributed by atoms with Gasteiger partial charge in [-0.25, -0.2) is 4.98 Å². The highest BCUT2D eigenvalue weighted by Crippen LogP contribution is 2.30. The van der Waals surface area contributed by atoms with Gasteiger partial charge in [0.05, 0.1) is 19.2 Å². The van der Waals surface area contributed by atoms with Crippen molar-refractivity contribution in [2.24, 2.45) is 0 Å². The summed E-state index contributed by atoms with van der Waals surface area (Å²) in [6.45, 7) is 8.12. The van der Waals surface area contributed by atoms with Gasteiger partial charge in [0.1, 0.15) is 29.3 Å². The van der Waals surface area contributed by atoms with Crippen LogP contribution in [0.15, 0.2) is 41.2 Å². The summed E-state index contributed by atoms with van der Waals surface area (Å²) in [6.07, 6.45) is 0. The summed E-state index contributed by atoms with van der Waals surface area (Å²) in [5.74, 6) is 1.53. The molecule has 2 aromatic carbocycles. The van der Waals surface area contributed by atoms with Gasteiger partial charge in [-0.1, -0.05) is 0 Å². The van der Waals surface area contributed by atoms with Crippen LogP contribution in [0.3, 0.4) is 0 Å². The smallest absolute Gasteiger partial charge is 0.262 e. The number of ether oxygens (including phenoxy) is 3. The Labute approximate surface area is 204 Å². The third-order valence-electron chi connectivity index (χ3n) is 6.31. The molecule has 3 aromatic rings. The van der Waals surface area contributed by atoms with Crippen LogP contribution in [0.25, 0.3) is 22.3 Å². The van der Waals surface area contributed by atoms with Crippen molar-refractivity contribution in [3.8, 4) is 22.9 Å². The first-order valence-electron chi connectivity index (χ1n) is 11.7. The Morgan fingerprint density at radius 3 is 2.37 bits per heavy atom. The lowest BCUT2D eigenvalue weighted by Gasteiger charge is -2.45. The van der Waals surface area contributed by atoms with Gasteiger partial charge in [-0.05, 0) is 38.1 Å². The molecule has 1 aromatic heterocycles. The molecular weight excluding hydrogens is 448 g/mol. The maximum atomic E-state index is 12.9. The summed E-state index contributed by atoms with van der Waals surface area (Å²) in [4.78, 5) is 36.7. The second-order valence-corrected chi connectivity index (χ2v) is 8.85. The van der Waals surface area contributed by atoms with E-state index in [1.807, 2.05) is 29.2 Å². The first-order chi connectivity index (χ1) is 16.8. The molecule has 0 bridgehead atoms. The minimum atomic E-state index is -0.280. The Bertz CT molecular complexity index is 1250. The largest absolute Gasteiger partial charge is 0.496 e. The summed E-state index contributed by atoms with van der Waals surface area (Å²) in [5.41, 5.74) is 2.06. The quantitative estimate of drug-likeness (QED) is 0.519. The van der Waals surface area contributed by atoms with Crippen molar-refractivity contribution in [2.45, 2.75) is 32.9 Å². The van der Waals surface area contributed by atoms with E-state index in [1.165, 1.54) is 7.11 Å². The summed E-state index contributed by atoms with van der Waals surface area (Å²) in [6, 6.07) is 11.6. The van der Waals surface area contributed by atoms with Crippen molar-refractivity contribution in [1.29, 1.82) is 0 Å². The van der Waals surface area contributed by atoms with Crippen LogP contribution in [0.4, 0.5) is 5.69 Å². The maximum Gasteiger partial charge on any atom is 0.262 e. The third-order valence-corrected chi connectivity index (χ3v) is 6.31. The lowest BCUT2D eigenvalue weighted by atomic mass is 10.1. The van der Waals surface area contributed by atoms with E-state index in [2.05, 4.69) is 23.7 Å². The van der Waals surface area contributed by atoms with Gasteiger partial charge in [0, 0.05) is 62.6 Å². The Morgan fingerprint density at radius 2 is 1.77 bits per heavy atom. The molecule has 0 spiro atoms. The molecule has 1 amide bonds. The number of benzene rings is 2. The molecule has 0 radical (unpaired) electrons. The van der Waals surface area contributed by atoms with Crippen molar-refractivity contribution in [3.05, 3.63) is 46.8 Å². The first kappa shape index (κ1) is 24.5. The molecule has 2 heterocycles. The van der Waals surface area contributed by atoms with Crippen LogP contribution < -0.4 is 19.9 Å². The van der Waals surface area contributed by atoms with E-state index in [1.54, 1.807) is 26.2 Å². The monoisotopic (exact) mass is 480 g/mol. The predicted molar refractivity (Wildman–Crippen MR) is 135 cm³/mol. The van der Waals surface area contributed by atoms with Crippen molar-refractivity contribution in [3.63, 3.8) is 0 Å². The zero-order valence-corrected chi connectivity index (χ0v) is 20.8. The van der Waals surface area contributed by atoms with Gasteiger partial charge in [0.2, 0.25) is 5.91 Å². The van der Waals surface area contributed by atoms with Gasteiger partial charge in [-0.2, -0.15) is 0 Å². The fraction of sp³-hybridized carbons (Fsp3) is 0.423. The first-order valence-corrected chi connectivity index (χ1v) is 11.7. The minimum absolute atomic E-state index is 0.107. The van der Waals surface area contributed by atoms with Crippen molar-refractivity contribution < 1.29 is 19.0 Å². The number of carbonyl (C=O) groups is 1. The normalized spacial score (nSPS) is 18.1. The number of methoxy groups -OCH3 is 2. The number of piperazine rings is 1. The molecule has 0 unspecified atom stereocenters. The van der Waals surface area contributed by atoms with Crippen LogP contribution in [-0.4, -0.2) is 73.4 Å². The molecule has 1 aliphatic rings. The summed E-state index contributed by atoms with van der Waals surface area (Å²) >= 11 is 0. The Hall–Kier alpha value is -3.59. The average molecular weight is 481 g/mol. The molecule has 35 heavy (non-hydrogen) atoms. The average Bonchev–Trinajstić information content (AvgIpc) is 2.83. The molecule has 1 N–H and O–H groups in total. The number of rotatable bonds is 7. The molecule has 9 nitrogen and oxygen atoms in total. The molecule has 0 aliphatic carbocycles. The van der Waals surface area contributed by atoms with Gasteiger partial charge in [-0.3, -0.25) is 9.59 Å². The number of amides is 1. The lowest BCUT2D eigenvalue weighted by molar-refractivity contribution is -0.133. The number of carbonyl (C=O) groups excluding carboxylic acids is 1. The molecule has 1 saturated heterocycles. The molecule has 9 heteroatoms. The molecule has 2 atom stereocenters. The SMILES string of the molecule is COCCOc1cc(OC)c2c(=O)[nH]c(-c3ccc(N4C[C@@H](C)N(C(C)=O)[C@@H](C)C4)cc3)nc2c1. The highest BCUT2D eigenvalue weighted by atomic mass is 16.5. The number of aromatic nitrogens is 2. The van der Waals surface area contributed by atoms with Crippen molar-refractivity contribution >= 4 is 22.5 Å². The number of hydrogen-bond acceptors (Lipinski definition) is 7. The highest BCUT2D eigenvalue weighted by molar-refractivity contribution is 5.87. The number of aromatic amines is 1. The van der Waals surface area contributed by atoms with Crippen molar-refractivity contribution in [2.75, 3.05) is 45.4 Å². The molecule has 4 rings (SSSR count). The van der Waals surface area contributed by atoms with Crippen LogP contribution in [0, 0.1) is 0 Å². The zero-order chi connectivity index (χ0) is 25.1. The number of nitrogens with one attached hydrogen (secondary N) is 1. The van der Waals surface area contributed by atoms with E-state index in [0.29, 0.717) is 41.4 Å². The van der Waals surface area contributed by atoms with Gasteiger partial charge >= 0.3 is 0 Å². The number of anilines is 1. The molecular formula is C26H32N4O5. The van der Waals surface area contributed by atoms with Crippen LogP contribution >= 0.6 is 0 Å². The molecule has 1 fully saturated rings. The number of fused-ring (bicyclic) bond motifs is 1. The zero-order valence-electron chi connectivity index (χ0n) is 20.8. The summed E-state index contributed by atoms with van der Waals surface area (Å²) < 4.78 is 16.2. The minimum Gasteiger partial charge on any atom is -0.496 e. The van der Waals surface area contributed by atoms with Crippen LogP contribution in [0.5, 0.6) is 11.5 Å². The highest BCUT2D eigenvalue weighted by Gasteiger charge is 2.31. The van der Waals surface area contributed by atoms with Gasteiger partial charge in [-0.15, -0.1) is 0 Å². The van der Waals surface area contributed by atoms with E-state index in [9.17, 15) is 9.59 Å². The van der Waals surface area contributed by atoms with E-state index >= 15 is 0 Å². The topological polar surface area (TPSA) is 97.0 Å². The fourth-order valence-electron chi connectivity index (χ4n) is 4.82. The maximum absolute atomic E-state index is 12.9. The molecule has 0 saturated carbocycles. The summed E-state index contributed by atoms with van der Waals surface area (Å²) in [5, 5.41) is 0.373. The van der Waals surface area contributed by atoms with E-state index in [-0.39, 0.29) is 23.6 Å². The lowest BCUT2D eigenvalue weighted by Crippen LogP contribution is -2.58. The Kier molecular flexibility index (Phi) is 7.25. The van der Waals surface area contributed by atoms with Crippen LogP contribution in [0.1, 0.15) is 20.8 Å². The second-order valence-electron chi connectivity index (χ2n) is 8.85. The standard InChI is InChI=1S/C26H32N4O5/c1-16-14-29(15-17(2)30(16)18(3)31)20-8-6-19(7-9-20)25-27-22-12-21(35-11-10-33-4)13-23(34-5)24(22)26(32)28-25/h6-9,12-13,16-17H,10-11,14-15H2,1-5H3,(H,27,28,32)/t16-,17+. The number of hydrogen-bond donors (Lipinski definition) is 1. The van der Waals surface area contributed by atoms with Gasteiger partial charge < -0.3 is 29.0 Å². The number of nitrogens with zero attached hydrogens (tertiary/aromatic N) is 3. The van der Waals surface area contributed by atoms with E-state index < -0.39 is 0 Å². The fourth-order valence-corrected chi connectivity index (χ4v) is 4.82. The van der Waals surface area contributed by atoms with Gasteiger partial charge in [0.15, 0.2) is 0 Å². The predicted octanol–water partition coefficient (Wildman–Crippen LogP) is 3.07. The van der Waals surface area contributed by atoms with E-state index in [0.717, 1.165) is 24.3 Å². The van der Waals surface area contributed by atoms with Crippen LogP contribution in [-0.2, 0) is 9.53 Å². The van der Waals surface area contributed by atoms with Gasteiger partial charge in [0.25, 0.3) is 5.56 Å². The second kappa shape index (κ2) is 10.4. The summed E-state index contributed by atoms with van der Waals surface area (Å²) in [7, 11) is 3.12. The Balaban J connectivity index is 1.62. The molecule has 1 aliphatic heterocycles. The Morgan fingerprint density at radius 1 is 1.09 bits per heavy atom. The van der Waals surface area contributed by atoms with Crippen molar-refractivity contribution in [1.82, 2.24) is 14.9 Å².